The number of methoxy groups -OCH3 is 2. The number of morpholine rings is 1. The second-order valence-electron chi connectivity index (χ2n) is 5.08. The van der Waals surface area contributed by atoms with Crippen LogP contribution in [0, 0.1) is 11.3 Å². The molecule has 22 heavy (non-hydrogen) atoms. The number of fused-ring (bicyclic) bond motifs is 1. The maximum Gasteiger partial charge on any atom is 0.189 e. The van der Waals surface area contributed by atoms with Crippen LogP contribution in [-0.2, 0) is 4.74 Å². The second kappa shape index (κ2) is 6.26. The molecule has 3 rings (SSSR count). The fourth-order valence-corrected chi connectivity index (χ4v) is 2.68. The molecule has 116 valence electrons. The monoisotopic (exact) mass is 302 g/mol. The molecule has 0 bridgehead atoms. The van der Waals surface area contributed by atoms with Crippen LogP contribution in [-0.4, -0.2) is 51.7 Å². The number of nitriles is 1. The molecule has 0 aliphatic carbocycles. The van der Waals surface area contributed by atoms with Gasteiger partial charge in [0.1, 0.15) is 11.8 Å². The number of ether oxygens (including phenoxy) is 4. The second-order valence-corrected chi connectivity index (χ2v) is 5.08. The van der Waals surface area contributed by atoms with Crippen LogP contribution in [0.15, 0.2) is 17.7 Å². The van der Waals surface area contributed by atoms with Gasteiger partial charge >= 0.3 is 0 Å². The average Bonchev–Trinajstić information content (AvgIpc) is 2.60. The van der Waals surface area contributed by atoms with Gasteiger partial charge in [0.25, 0.3) is 0 Å². The molecular formula is C16H18N2O4. The fourth-order valence-electron chi connectivity index (χ4n) is 2.68. The molecule has 0 spiro atoms. The molecular weight excluding hydrogens is 284 g/mol. The van der Waals surface area contributed by atoms with E-state index in [9.17, 15) is 5.26 Å². The Kier molecular flexibility index (Phi) is 4.18. The van der Waals surface area contributed by atoms with Gasteiger partial charge < -0.3 is 18.9 Å². The standard InChI is InChI=1S/C16H18N2O4/c1-19-13-8-11-7-12(10-17)16(18-3-5-21-6-4-18)22-15(11)14(9-13)20-2/h7-9,16H,3-6H2,1-2H3. The number of hydrogen-bond donors (Lipinski definition) is 0. The minimum absolute atomic E-state index is 0.399. The summed E-state index contributed by atoms with van der Waals surface area (Å²) in [6.07, 6.45) is 1.44. The zero-order valence-corrected chi connectivity index (χ0v) is 12.7. The van der Waals surface area contributed by atoms with E-state index in [0.717, 1.165) is 18.7 Å². The molecule has 2 aliphatic heterocycles. The Bertz CT molecular complexity index is 630. The topological polar surface area (TPSA) is 63.9 Å². The highest BCUT2D eigenvalue weighted by atomic mass is 16.5. The summed E-state index contributed by atoms with van der Waals surface area (Å²) in [6, 6.07) is 5.86. The van der Waals surface area contributed by atoms with Crippen LogP contribution in [0.4, 0.5) is 0 Å². The molecule has 0 amide bonds. The van der Waals surface area contributed by atoms with Crippen LogP contribution in [0.25, 0.3) is 6.08 Å². The van der Waals surface area contributed by atoms with Crippen LogP contribution in [0.5, 0.6) is 17.2 Å². The number of nitrogens with zero attached hydrogens (tertiary/aromatic N) is 2. The molecule has 1 aromatic carbocycles. The van der Waals surface area contributed by atoms with Crippen molar-refractivity contribution in [1.82, 2.24) is 4.90 Å². The summed E-state index contributed by atoms with van der Waals surface area (Å²) < 4.78 is 22.1. The van der Waals surface area contributed by atoms with Crippen molar-refractivity contribution in [2.24, 2.45) is 0 Å². The van der Waals surface area contributed by atoms with E-state index < -0.39 is 6.23 Å². The van der Waals surface area contributed by atoms with Crippen molar-refractivity contribution in [2.45, 2.75) is 6.23 Å². The van der Waals surface area contributed by atoms with Gasteiger partial charge in [-0.3, -0.25) is 4.90 Å². The Hall–Kier alpha value is -2.23. The third-order valence-electron chi connectivity index (χ3n) is 3.83. The Morgan fingerprint density at radius 1 is 1.23 bits per heavy atom. The van der Waals surface area contributed by atoms with E-state index in [1.807, 2.05) is 12.1 Å². The van der Waals surface area contributed by atoms with Crippen molar-refractivity contribution in [3.63, 3.8) is 0 Å². The van der Waals surface area contributed by atoms with Crippen LogP contribution < -0.4 is 14.2 Å². The summed E-state index contributed by atoms with van der Waals surface area (Å²) in [5, 5.41) is 9.45. The van der Waals surface area contributed by atoms with E-state index >= 15 is 0 Å². The fraction of sp³-hybridized carbons (Fsp3) is 0.438. The summed E-state index contributed by atoms with van der Waals surface area (Å²) in [5.74, 6) is 1.90. The van der Waals surface area contributed by atoms with Crippen molar-refractivity contribution in [3.05, 3.63) is 23.3 Å². The molecule has 6 heteroatoms. The van der Waals surface area contributed by atoms with E-state index in [2.05, 4.69) is 11.0 Å². The number of hydrogen-bond acceptors (Lipinski definition) is 6. The number of benzene rings is 1. The van der Waals surface area contributed by atoms with Gasteiger partial charge in [-0.2, -0.15) is 5.26 Å². The van der Waals surface area contributed by atoms with E-state index in [1.165, 1.54) is 0 Å². The average molecular weight is 302 g/mol. The molecule has 1 saturated heterocycles. The van der Waals surface area contributed by atoms with Crippen LogP contribution in [0.3, 0.4) is 0 Å². The number of rotatable bonds is 3. The third-order valence-corrected chi connectivity index (χ3v) is 3.83. The largest absolute Gasteiger partial charge is 0.497 e. The first-order chi connectivity index (χ1) is 10.8. The highest BCUT2D eigenvalue weighted by Gasteiger charge is 2.31. The summed E-state index contributed by atoms with van der Waals surface area (Å²) >= 11 is 0. The first-order valence-corrected chi connectivity index (χ1v) is 7.13. The van der Waals surface area contributed by atoms with Gasteiger partial charge in [-0.05, 0) is 12.1 Å². The summed E-state index contributed by atoms with van der Waals surface area (Å²) in [7, 11) is 3.18. The molecule has 0 N–H and O–H groups in total. The highest BCUT2D eigenvalue weighted by Crippen LogP contribution is 2.41. The van der Waals surface area contributed by atoms with E-state index in [4.69, 9.17) is 18.9 Å². The van der Waals surface area contributed by atoms with Gasteiger partial charge in [0.2, 0.25) is 0 Å². The Labute approximate surface area is 129 Å². The van der Waals surface area contributed by atoms with Crippen LogP contribution in [0.1, 0.15) is 5.56 Å². The summed E-state index contributed by atoms with van der Waals surface area (Å²) in [4.78, 5) is 2.10. The molecule has 6 nitrogen and oxygen atoms in total. The quantitative estimate of drug-likeness (QED) is 0.846. The normalized spacial score (nSPS) is 21.1. The zero-order valence-electron chi connectivity index (χ0n) is 12.7. The lowest BCUT2D eigenvalue weighted by Crippen LogP contribution is -2.47. The zero-order chi connectivity index (χ0) is 15.5. The minimum Gasteiger partial charge on any atom is -0.497 e. The summed E-state index contributed by atoms with van der Waals surface area (Å²) in [5.41, 5.74) is 1.36. The van der Waals surface area contributed by atoms with E-state index in [-0.39, 0.29) is 0 Å². The first kappa shape index (κ1) is 14.7. The van der Waals surface area contributed by atoms with Crippen molar-refractivity contribution in [2.75, 3.05) is 40.5 Å². The Morgan fingerprint density at radius 2 is 2.00 bits per heavy atom. The molecule has 1 fully saturated rings. The predicted octanol–water partition coefficient (Wildman–Crippen LogP) is 1.66. The third kappa shape index (κ3) is 2.61. The first-order valence-electron chi connectivity index (χ1n) is 7.13. The smallest absolute Gasteiger partial charge is 0.189 e. The SMILES string of the molecule is COc1cc2c(c(OC)c1)OC(N1CCOCC1)C(C#N)=C2. The van der Waals surface area contributed by atoms with Crippen molar-refractivity contribution < 1.29 is 18.9 Å². The lowest BCUT2D eigenvalue weighted by Gasteiger charge is -2.36. The van der Waals surface area contributed by atoms with Crippen molar-refractivity contribution in [3.8, 4) is 23.3 Å². The molecule has 0 aromatic heterocycles. The molecule has 2 aliphatic rings. The van der Waals surface area contributed by atoms with Crippen molar-refractivity contribution in [1.29, 1.82) is 5.26 Å². The highest BCUT2D eigenvalue weighted by molar-refractivity contribution is 5.71. The molecule has 0 radical (unpaired) electrons. The maximum atomic E-state index is 9.45. The molecule has 2 heterocycles. The predicted molar refractivity (Wildman–Crippen MR) is 79.9 cm³/mol. The van der Waals surface area contributed by atoms with Gasteiger partial charge in [0.15, 0.2) is 17.7 Å². The van der Waals surface area contributed by atoms with Gasteiger partial charge in [-0.1, -0.05) is 0 Å². The van der Waals surface area contributed by atoms with Gasteiger partial charge in [0.05, 0.1) is 33.0 Å². The molecule has 1 aromatic rings. The van der Waals surface area contributed by atoms with Gasteiger partial charge in [-0.15, -0.1) is 0 Å². The van der Waals surface area contributed by atoms with Crippen LogP contribution >= 0.6 is 0 Å². The molecule has 1 unspecified atom stereocenters. The van der Waals surface area contributed by atoms with Gasteiger partial charge in [-0.25, -0.2) is 0 Å². The van der Waals surface area contributed by atoms with Gasteiger partial charge in [0, 0.05) is 24.7 Å². The van der Waals surface area contributed by atoms with E-state index in [1.54, 1.807) is 20.3 Å². The van der Waals surface area contributed by atoms with E-state index in [0.29, 0.717) is 36.0 Å². The molecule has 0 saturated carbocycles. The Morgan fingerprint density at radius 3 is 2.64 bits per heavy atom. The van der Waals surface area contributed by atoms with Crippen molar-refractivity contribution >= 4 is 6.08 Å². The minimum atomic E-state index is -0.399. The Balaban J connectivity index is 2.00. The molecule has 1 atom stereocenters. The lowest BCUT2D eigenvalue weighted by molar-refractivity contribution is -0.0296. The lowest BCUT2D eigenvalue weighted by atomic mass is 10.0. The maximum absolute atomic E-state index is 9.45. The van der Waals surface area contributed by atoms with Crippen LogP contribution in [0.2, 0.25) is 0 Å². The summed E-state index contributed by atoms with van der Waals surface area (Å²) in [6.45, 7) is 2.76.